The van der Waals surface area contributed by atoms with Gasteiger partial charge >= 0.3 is 17.9 Å². The van der Waals surface area contributed by atoms with Crippen molar-refractivity contribution in [3.63, 3.8) is 0 Å². The molecule has 2 amide bonds. The summed E-state index contributed by atoms with van der Waals surface area (Å²) in [6.45, 7) is 15.0. The molecule has 0 bridgehead atoms. The van der Waals surface area contributed by atoms with Crippen molar-refractivity contribution in [1.82, 2.24) is 25.6 Å². The largest absolute Gasteiger partial charge is 0.460 e. The highest BCUT2D eigenvalue weighted by Gasteiger charge is 2.32. The van der Waals surface area contributed by atoms with Crippen molar-refractivity contribution in [2.45, 2.75) is 143 Å². The van der Waals surface area contributed by atoms with E-state index in [4.69, 9.17) is 14.2 Å². The Labute approximate surface area is 259 Å². The molecule has 44 heavy (non-hydrogen) atoms. The van der Waals surface area contributed by atoms with Crippen LogP contribution in [0.3, 0.4) is 0 Å². The van der Waals surface area contributed by atoms with E-state index in [1.165, 1.54) is 0 Å². The summed E-state index contributed by atoms with van der Waals surface area (Å²) in [6, 6.07) is -2.55. The number of hydrogen-bond donors (Lipinski definition) is 2. The highest BCUT2D eigenvalue weighted by Crippen LogP contribution is 2.15. The summed E-state index contributed by atoms with van der Waals surface area (Å²) >= 11 is 0. The molecule has 1 rings (SSSR count). The predicted octanol–water partition coefficient (Wildman–Crippen LogP) is 3.13. The number of nitrogens with one attached hydrogen (secondary N) is 2. The lowest BCUT2D eigenvalue weighted by Crippen LogP contribution is -2.50. The second kappa shape index (κ2) is 17.0. The van der Waals surface area contributed by atoms with Crippen molar-refractivity contribution in [1.29, 1.82) is 0 Å². The quantitative estimate of drug-likeness (QED) is 0.205. The van der Waals surface area contributed by atoms with Crippen LogP contribution in [0.25, 0.3) is 0 Å². The number of hydrogen-bond acceptors (Lipinski definition) is 10. The van der Waals surface area contributed by atoms with Crippen molar-refractivity contribution in [2.75, 3.05) is 6.67 Å². The van der Waals surface area contributed by atoms with Crippen molar-refractivity contribution in [3.8, 4) is 0 Å². The molecule has 0 saturated carbocycles. The van der Waals surface area contributed by atoms with Crippen LogP contribution >= 0.6 is 0 Å². The van der Waals surface area contributed by atoms with Gasteiger partial charge in [0.05, 0.1) is 18.8 Å². The van der Waals surface area contributed by atoms with Gasteiger partial charge in [0.1, 0.15) is 28.9 Å². The van der Waals surface area contributed by atoms with E-state index in [2.05, 4.69) is 20.9 Å². The van der Waals surface area contributed by atoms with Crippen LogP contribution in [0.1, 0.15) is 107 Å². The van der Waals surface area contributed by atoms with Gasteiger partial charge in [-0.25, -0.2) is 9.59 Å². The number of alkyl halides is 1. The van der Waals surface area contributed by atoms with Crippen LogP contribution in [0, 0.1) is 0 Å². The lowest BCUT2D eigenvalue weighted by molar-refractivity contribution is -0.160. The summed E-state index contributed by atoms with van der Waals surface area (Å²) in [5.41, 5.74) is -1.83. The third kappa shape index (κ3) is 17.5. The third-order valence-corrected chi connectivity index (χ3v) is 5.44. The SMILES string of the molecule is CC(C)(C)OC(=O)CCC(NC(=O)CC(NC(=O)CCCn1cc(CCCF)nn1)C(=O)OC(C)(C)C)C(=O)OC(C)(C)C. The molecule has 1 heterocycles. The molecule has 0 spiro atoms. The van der Waals surface area contributed by atoms with Crippen molar-refractivity contribution in [3.05, 3.63) is 11.9 Å². The number of nitrogens with zero attached hydrogens (tertiary/aromatic N) is 3. The molecule has 13 nitrogen and oxygen atoms in total. The fourth-order valence-corrected chi connectivity index (χ4v) is 3.76. The number of halogens is 1. The Morgan fingerprint density at radius 1 is 0.795 bits per heavy atom. The number of carbonyl (C=O) groups is 5. The zero-order valence-corrected chi connectivity index (χ0v) is 27.6. The van der Waals surface area contributed by atoms with Crippen LogP contribution in [0.4, 0.5) is 4.39 Å². The van der Waals surface area contributed by atoms with Gasteiger partial charge < -0.3 is 24.8 Å². The second-order valence-corrected chi connectivity index (χ2v) is 13.5. The van der Waals surface area contributed by atoms with Gasteiger partial charge in [0.25, 0.3) is 0 Å². The minimum Gasteiger partial charge on any atom is -0.460 e. The standard InChI is InChI=1S/C30H50FN5O8/c1-28(2,3)42-25(39)15-14-21(26(40)43-29(4,5)6)32-24(38)18-22(27(41)44-30(7,8)9)33-23(37)13-11-17-36-19-20(34-35-36)12-10-16-31/h19,21-22H,10-18H2,1-9H3,(H,32,38)(H,33,37). The van der Waals surface area contributed by atoms with Crippen molar-refractivity contribution >= 4 is 29.7 Å². The molecular weight excluding hydrogens is 577 g/mol. The lowest BCUT2D eigenvalue weighted by atomic mass is 10.1. The van der Waals surface area contributed by atoms with E-state index in [0.717, 1.165) is 0 Å². The minimum atomic E-state index is -1.34. The molecule has 2 atom stereocenters. The third-order valence-electron chi connectivity index (χ3n) is 5.44. The highest BCUT2D eigenvalue weighted by atomic mass is 19.1. The molecule has 0 saturated heterocycles. The molecule has 1 aromatic rings. The first-order valence-electron chi connectivity index (χ1n) is 14.9. The van der Waals surface area contributed by atoms with Gasteiger partial charge in [0.2, 0.25) is 11.8 Å². The van der Waals surface area contributed by atoms with Gasteiger partial charge in [0.15, 0.2) is 0 Å². The first-order valence-corrected chi connectivity index (χ1v) is 14.9. The van der Waals surface area contributed by atoms with Gasteiger partial charge in [-0.15, -0.1) is 5.10 Å². The average Bonchev–Trinajstić information content (AvgIpc) is 3.29. The first-order chi connectivity index (χ1) is 20.2. The summed E-state index contributed by atoms with van der Waals surface area (Å²) in [4.78, 5) is 64.0. The van der Waals surface area contributed by atoms with Gasteiger partial charge in [0, 0.05) is 25.6 Å². The first kappa shape index (κ1) is 38.4. The van der Waals surface area contributed by atoms with E-state index >= 15 is 0 Å². The maximum Gasteiger partial charge on any atom is 0.329 e. The van der Waals surface area contributed by atoms with E-state index in [-0.39, 0.29) is 19.3 Å². The molecule has 0 aromatic carbocycles. The molecule has 2 unspecified atom stereocenters. The molecule has 14 heteroatoms. The summed E-state index contributed by atoms with van der Waals surface area (Å²) in [6.07, 6.45) is 2.08. The van der Waals surface area contributed by atoms with Crippen LogP contribution in [-0.4, -0.2) is 80.3 Å². The molecule has 0 aliphatic carbocycles. The number of ether oxygens (including phenoxy) is 3. The Kier molecular flexibility index (Phi) is 14.9. The zero-order chi connectivity index (χ0) is 33.7. The fourth-order valence-electron chi connectivity index (χ4n) is 3.76. The Morgan fingerprint density at radius 2 is 1.34 bits per heavy atom. The summed E-state index contributed by atoms with van der Waals surface area (Å²) in [7, 11) is 0. The monoisotopic (exact) mass is 627 g/mol. The van der Waals surface area contributed by atoms with Crippen molar-refractivity contribution < 1.29 is 42.6 Å². The second-order valence-electron chi connectivity index (χ2n) is 13.5. The lowest BCUT2D eigenvalue weighted by Gasteiger charge is -2.26. The number of carbonyl (C=O) groups excluding carboxylic acids is 5. The molecule has 1 aromatic heterocycles. The number of aromatic nitrogens is 3. The molecule has 2 N–H and O–H groups in total. The van der Waals surface area contributed by atoms with Crippen LogP contribution in [0.2, 0.25) is 0 Å². The van der Waals surface area contributed by atoms with E-state index in [1.807, 2.05) is 0 Å². The summed E-state index contributed by atoms with van der Waals surface area (Å²) < 4.78 is 30.1. The van der Waals surface area contributed by atoms with Gasteiger partial charge in [-0.2, -0.15) is 0 Å². The Balaban J connectivity index is 2.91. The van der Waals surface area contributed by atoms with Crippen LogP contribution in [0.5, 0.6) is 0 Å². The number of rotatable bonds is 16. The van der Waals surface area contributed by atoms with Gasteiger partial charge in [-0.3, -0.25) is 23.5 Å². The molecule has 0 aliphatic heterocycles. The average molecular weight is 628 g/mol. The molecule has 0 radical (unpaired) electrons. The van der Waals surface area contributed by atoms with Gasteiger partial charge in [-0.05, 0) is 88.0 Å². The van der Waals surface area contributed by atoms with Crippen LogP contribution in [0.15, 0.2) is 6.20 Å². The van der Waals surface area contributed by atoms with Crippen LogP contribution in [-0.2, 0) is 51.1 Å². The van der Waals surface area contributed by atoms with Crippen LogP contribution < -0.4 is 10.6 Å². The Morgan fingerprint density at radius 3 is 1.89 bits per heavy atom. The molecule has 250 valence electrons. The van der Waals surface area contributed by atoms with E-state index < -0.39 is 71.7 Å². The Hall–Kier alpha value is -3.58. The normalized spacial score (nSPS) is 13.4. The number of aryl methyl sites for hydroxylation is 2. The Bertz CT molecular complexity index is 1120. The topological polar surface area (TPSA) is 168 Å². The summed E-state index contributed by atoms with van der Waals surface area (Å²) in [5, 5.41) is 13.0. The van der Waals surface area contributed by atoms with E-state index in [0.29, 0.717) is 31.5 Å². The molecular formula is C30H50FN5O8. The maximum absolute atomic E-state index is 13.1. The number of amides is 2. The maximum atomic E-state index is 13.1. The predicted molar refractivity (Wildman–Crippen MR) is 159 cm³/mol. The minimum absolute atomic E-state index is 0.0109. The highest BCUT2D eigenvalue weighted by molar-refractivity contribution is 5.91. The number of esters is 3. The molecule has 0 aliphatic rings. The zero-order valence-electron chi connectivity index (χ0n) is 27.6. The van der Waals surface area contributed by atoms with Crippen molar-refractivity contribution in [2.24, 2.45) is 0 Å². The fraction of sp³-hybridized carbons (Fsp3) is 0.767. The van der Waals surface area contributed by atoms with E-state index in [9.17, 15) is 28.4 Å². The molecule has 0 fully saturated rings. The van der Waals surface area contributed by atoms with E-state index in [1.54, 1.807) is 73.2 Å². The summed E-state index contributed by atoms with van der Waals surface area (Å²) in [5.74, 6) is -3.36. The smallest absolute Gasteiger partial charge is 0.329 e. The van der Waals surface area contributed by atoms with Gasteiger partial charge in [-0.1, -0.05) is 5.21 Å².